The number of hydrogen-bond donors (Lipinski definition) is 3. The molecule has 0 spiro atoms. The quantitative estimate of drug-likeness (QED) is 0.688. The van der Waals surface area contributed by atoms with Crippen LogP contribution in [0.1, 0.15) is 19.4 Å². The molecule has 0 aliphatic heterocycles. The van der Waals surface area contributed by atoms with E-state index in [9.17, 15) is 4.79 Å². The van der Waals surface area contributed by atoms with Crippen molar-refractivity contribution in [1.29, 1.82) is 0 Å². The van der Waals surface area contributed by atoms with Gasteiger partial charge >= 0.3 is 0 Å². The average molecular weight is 208 g/mol. The summed E-state index contributed by atoms with van der Waals surface area (Å²) in [5, 5.41) is 11.7. The third-order valence-electron chi connectivity index (χ3n) is 2.19. The molecule has 0 fully saturated rings. The van der Waals surface area contributed by atoms with Crippen LogP contribution in [0.25, 0.3) is 0 Å². The highest BCUT2D eigenvalue weighted by Gasteiger charge is 2.19. The predicted octanol–water partition coefficient (Wildman–Crippen LogP) is 0.811. The maximum absolute atomic E-state index is 10.8. The van der Waals surface area contributed by atoms with Gasteiger partial charge in [-0.1, -0.05) is 12.1 Å². The van der Waals surface area contributed by atoms with Gasteiger partial charge in [0.15, 0.2) is 0 Å². The molecule has 1 rings (SSSR count). The van der Waals surface area contributed by atoms with E-state index in [1.807, 2.05) is 0 Å². The molecule has 0 heterocycles. The molecule has 82 valence electrons. The summed E-state index contributed by atoms with van der Waals surface area (Å²) >= 11 is 0. The molecule has 0 saturated carbocycles. The number of aliphatic hydroxyl groups excluding tert-OH is 1. The van der Waals surface area contributed by atoms with Crippen molar-refractivity contribution in [3.8, 4) is 0 Å². The lowest BCUT2D eigenvalue weighted by Crippen LogP contribution is -2.36. The Kier molecular flexibility index (Phi) is 3.44. The molecule has 1 unspecified atom stereocenters. The van der Waals surface area contributed by atoms with Crippen LogP contribution in [0, 0.1) is 0 Å². The molecule has 1 aromatic rings. The maximum Gasteiger partial charge on any atom is 0.221 e. The van der Waals surface area contributed by atoms with Crippen molar-refractivity contribution >= 4 is 11.6 Å². The highest BCUT2D eigenvalue weighted by molar-refractivity contribution is 5.88. The molecule has 4 heteroatoms. The Balaban J connectivity index is 2.85. The second-order valence-electron chi connectivity index (χ2n) is 3.83. The summed E-state index contributed by atoms with van der Waals surface area (Å²) in [4.78, 5) is 10.8. The Morgan fingerprint density at radius 3 is 2.40 bits per heavy atom. The van der Waals surface area contributed by atoms with E-state index in [2.05, 4.69) is 5.32 Å². The van der Waals surface area contributed by atoms with Gasteiger partial charge < -0.3 is 16.2 Å². The SMILES string of the molecule is CC(=O)Nc1ccc(C(C)(N)CO)cc1. The lowest BCUT2D eigenvalue weighted by molar-refractivity contribution is -0.114. The van der Waals surface area contributed by atoms with Crippen molar-refractivity contribution < 1.29 is 9.90 Å². The van der Waals surface area contributed by atoms with Gasteiger partial charge in [-0.05, 0) is 24.6 Å². The molecule has 15 heavy (non-hydrogen) atoms. The second kappa shape index (κ2) is 4.42. The molecule has 0 aromatic heterocycles. The number of hydrogen-bond acceptors (Lipinski definition) is 3. The first-order valence-electron chi connectivity index (χ1n) is 4.73. The fourth-order valence-electron chi connectivity index (χ4n) is 1.23. The zero-order valence-corrected chi connectivity index (χ0v) is 8.95. The lowest BCUT2D eigenvalue weighted by atomic mass is 9.94. The summed E-state index contributed by atoms with van der Waals surface area (Å²) in [6.07, 6.45) is 0. The third kappa shape index (κ3) is 3.04. The van der Waals surface area contributed by atoms with Gasteiger partial charge in [-0.25, -0.2) is 0 Å². The first-order valence-corrected chi connectivity index (χ1v) is 4.73. The molecule has 0 saturated heterocycles. The normalized spacial score (nSPS) is 14.4. The largest absolute Gasteiger partial charge is 0.394 e. The Morgan fingerprint density at radius 1 is 1.47 bits per heavy atom. The summed E-state index contributed by atoms with van der Waals surface area (Å²) < 4.78 is 0. The molecule has 1 amide bonds. The fraction of sp³-hybridized carbons (Fsp3) is 0.364. The van der Waals surface area contributed by atoms with Gasteiger partial charge in [0, 0.05) is 12.6 Å². The summed E-state index contributed by atoms with van der Waals surface area (Å²) in [7, 11) is 0. The second-order valence-corrected chi connectivity index (χ2v) is 3.83. The van der Waals surface area contributed by atoms with E-state index < -0.39 is 5.54 Å². The van der Waals surface area contributed by atoms with E-state index in [4.69, 9.17) is 10.8 Å². The first kappa shape index (κ1) is 11.7. The molecule has 0 aliphatic carbocycles. The number of nitrogens with two attached hydrogens (primary N) is 1. The van der Waals surface area contributed by atoms with Gasteiger partial charge in [0.05, 0.1) is 12.1 Å². The van der Waals surface area contributed by atoms with Crippen LogP contribution >= 0.6 is 0 Å². The van der Waals surface area contributed by atoms with Crippen molar-refractivity contribution in [3.05, 3.63) is 29.8 Å². The van der Waals surface area contributed by atoms with Crippen LogP contribution in [0.3, 0.4) is 0 Å². The van der Waals surface area contributed by atoms with Crippen LogP contribution in [0.5, 0.6) is 0 Å². The van der Waals surface area contributed by atoms with Gasteiger partial charge in [-0.2, -0.15) is 0 Å². The zero-order valence-electron chi connectivity index (χ0n) is 8.95. The van der Waals surface area contributed by atoms with Crippen LogP contribution in [-0.2, 0) is 10.3 Å². The highest BCUT2D eigenvalue weighted by atomic mass is 16.3. The van der Waals surface area contributed by atoms with Gasteiger partial charge in [-0.15, -0.1) is 0 Å². The minimum absolute atomic E-state index is 0.111. The molecule has 0 aliphatic rings. The number of carbonyl (C=O) groups excluding carboxylic acids is 1. The number of amides is 1. The Bertz CT molecular complexity index is 344. The summed E-state index contributed by atoms with van der Waals surface area (Å²) in [5.41, 5.74) is 6.66. The van der Waals surface area contributed by atoms with Crippen LogP contribution in [0.2, 0.25) is 0 Å². The Labute approximate surface area is 89.1 Å². The van der Waals surface area contributed by atoms with Crippen LogP contribution < -0.4 is 11.1 Å². The fourth-order valence-corrected chi connectivity index (χ4v) is 1.23. The van der Waals surface area contributed by atoms with Gasteiger partial charge in [0.25, 0.3) is 0 Å². The molecule has 1 aromatic carbocycles. The van der Waals surface area contributed by atoms with Gasteiger partial charge in [0.1, 0.15) is 0 Å². The highest BCUT2D eigenvalue weighted by Crippen LogP contribution is 2.19. The van der Waals surface area contributed by atoms with E-state index in [-0.39, 0.29) is 12.5 Å². The summed E-state index contributed by atoms with van der Waals surface area (Å²) in [5.74, 6) is -0.111. The smallest absolute Gasteiger partial charge is 0.221 e. The first-order chi connectivity index (χ1) is 6.95. The number of carbonyl (C=O) groups is 1. The molecule has 4 nitrogen and oxygen atoms in total. The van der Waals surface area contributed by atoms with Crippen molar-refractivity contribution in [1.82, 2.24) is 0 Å². The lowest BCUT2D eigenvalue weighted by Gasteiger charge is -2.22. The van der Waals surface area contributed by atoms with Crippen LogP contribution in [0.15, 0.2) is 24.3 Å². The van der Waals surface area contributed by atoms with Gasteiger partial charge in [0.2, 0.25) is 5.91 Å². The molecular weight excluding hydrogens is 192 g/mol. The van der Waals surface area contributed by atoms with Crippen molar-refractivity contribution in [2.45, 2.75) is 19.4 Å². The number of benzene rings is 1. The molecule has 4 N–H and O–H groups in total. The third-order valence-corrected chi connectivity index (χ3v) is 2.19. The summed E-state index contributed by atoms with van der Waals surface area (Å²) in [6, 6.07) is 7.11. The van der Waals surface area contributed by atoms with Crippen molar-refractivity contribution in [2.24, 2.45) is 5.73 Å². The Hall–Kier alpha value is -1.39. The van der Waals surface area contributed by atoms with Gasteiger partial charge in [-0.3, -0.25) is 4.79 Å². The standard InChI is InChI=1S/C11H16N2O2/c1-8(15)13-10-5-3-9(4-6-10)11(2,12)7-14/h3-6,14H,7,12H2,1-2H3,(H,13,15). The van der Waals surface area contributed by atoms with E-state index in [0.717, 1.165) is 11.3 Å². The minimum atomic E-state index is -0.741. The number of anilines is 1. The van der Waals surface area contributed by atoms with E-state index in [0.29, 0.717) is 0 Å². The monoisotopic (exact) mass is 208 g/mol. The van der Waals surface area contributed by atoms with Crippen LogP contribution in [-0.4, -0.2) is 17.6 Å². The Morgan fingerprint density at radius 2 is 2.00 bits per heavy atom. The molecule has 0 radical (unpaired) electrons. The van der Waals surface area contributed by atoms with Crippen molar-refractivity contribution in [3.63, 3.8) is 0 Å². The van der Waals surface area contributed by atoms with Crippen LogP contribution in [0.4, 0.5) is 5.69 Å². The average Bonchev–Trinajstić information content (AvgIpc) is 2.18. The molecule has 1 atom stereocenters. The van der Waals surface area contributed by atoms with E-state index in [1.54, 1.807) is 31.2 Å². The minimum Gasteiger partial charge on any atom is -0.394 e. The number of nitrogens with one attached hydrogen (secondary N) is 1. The topological polar surface area (TPSA) is 75.4 Å². The summed E-state index contributed by atoms with van der Waals surface area (Å²) in [6.45, 7) is 3.08. The predicted molar refractivity (Wildman–Crippen MR) is 59.4 cm³/mol. The van der Waals surface area contributed by atoms with Crippen molar-refractivity contribution in [2.75, 3.05) is 11.9 Å². The number of rotatable bonds is 3. The maximum atomic E-state index is 10.8. The molecular formula is C11H16N2O2. The zero-order chi connectivity index (χ0) is 11.5. The number of aliphatic hydroxyl groups is 1. The van der Waals surface area contributed by atoms with E-state index >= 15 is 0 Å². The molecule has 0 bridgehead atoms. The van der Waals surface area contributed by atoms with E-state index in [1.165, 1.54) is 6.92 Å².